The van der Waals surface area contributed by atoms with E-state index in [1.165, 1.54) is 0 Å². The van der Waals surface area contributed by atoms with Crippen LogP contribution in [0.1, 0.15) is 41.0 Å². The minimum absolute atomic E-state index is 0.0837. The molecule has 0 fully saturated rings. The van der Waals surface area contributed by atoms with Gasteiger partial charge in [0.25, 0.3) is 0 Å². The van der Waals surface area contributed by atoms with E-state index in [1.807, 2.05) is 68.5 Å². The van der Waals surface area contributed by atoms with Gasteiger partial charge in [0.05, 0.1) is 11.2 Å². The lowest BCUT2D eigenvalue weighted by atomic mass is 10.0. The van der Waals surface area contributed by atoms with Crippen molar-refractivity contribution < 1.29 is 9.59 Å². The maximum atomic E-state index is 13.0. The molecule has 0 saturated carbocycles. The average Bonchev–Trinajstić information content (AvgIpc) is 3.20. The van der Waals surface area contributed by atoms with Gasteiger partial charge in [-0.1, -0.05) is 68.5 Å². The van der Waals surface area contributed by atoms with E-state index >= 15 is 0 Å². The number of benzene rings is 3. The van der Waals surface area contributed by atoms with E-state index in [0.717, 1.165) is 22.2 Å². The smallest absolute Gasteiger partial charge is 0.226 e. The third-order valence-electron chi connectivity index (χ3n) is 5.00. The lowest BCUT2D eigenvalue weighted by molar-refractivity contribution is -0.118. The molecule has 0 aliphatic carbocycles. The molecule has 5 heteroatoms. The van der Waals surface area contributed by atoms with Crippen LogP contribution in [0.3, 0.4) is 0 Å². The van der Waals surface area contributed by atoms with Gasteiger partial charge >= 0.3 is 0 Å². The fourth-order valence-electron chi connectivity index (χ4n) is 3.24. The van der Waals surface area contributed by atoms with Crippen LogP contribution in [0.5, 0.6) is 0 Å². The summed E-state index contributed by atoms with van der Waals surface area (Å²) in [5.74, 6) is -0.328. The van der Waals surface area contributed by atoms with Crippen molar-refractivity contribution in [2.75, 3.05) is 5.32 Å². The van der Waals surface area contributed by atoms with Gasteiger partial charge in [-0.25, -0.2) is 0 Å². The van der Waals surface area contributed by atoms with E-state index in [-0.39, 0.29) is 17.6 Å². The molecular weight excluding hydrogens is 386 g/mol. The van der Waals surface area contributed by atoms with Gasteiger partial charge in [0, 0.05) is 28.1 Å². The number of aromatic amines is 1. The molecule has 3 aromatic carbocycles. The van der Waals surface area contributed by atoms with Crippen molar-refractivity contribution >= 4 is 40.4 Å². The van der Waals surface area contributed by atoms with Crippen LogP contribution in [0, 0.1) is 5.92 Å². The summed E-state index contributed by atoms with van der Waals surface area (Å²) >= 11 is 0. The number of fused-ring (bicyclic) bond motifs is 1. The molecule has 154 valence electrons. The molecule has 0 spiro atoms. The SMILES string of the molecule is CC(C)C(=O)Nc1cccc(C(=O)c2ccc3c(/C=C/c4ccccc4)n[nH]c3c2)c1. The Balaban J connectivity index is 1.57. The second-order valence-electron chi connectivity index (χ2n) is 7.67. The van der Waals surface area contributed by atoms with Gasteiger partial charge < -0.3 is 5.32 Å². The van der Waals surface area contributed by atoms with Crippen LogP contribution < -0.4 is 5.32 Å². The molecule has 0 bridgehead atoms. The highest BCUT2D eigenvalue weighted by molar-refractivity contribution is 6.11. The number of carbonyl (C=O) groups excluding carboxylic acids is 2. The summed E-state index contributed by atoms with van der Waals surface area (Å²) in [7, 11) is 0. The first-order chi connectivity index (χ1) is 15.0. The Bertz CT molecular complexity index is 1270. The van der Waals surface area contributed by atoms with E-state index in [1.54, 1.807) is 30.3 Å². The molecule has 4 aromatic rings. The molecule has 31 heavy (non-hydrogen) atoms. The third-order valence-corrected chi connectivity index (χ3v) is 5.00. The summed E-state index contributed by atoms with van der Waals surface area (Å²) in [6.45, 7) is 3.65. The molecule has 0 unspecified atom stereocenters. The number of hydrogen-bond acceptors (Lipinski definition) is 3. The molecular formula is C26H23N3O2. The molecule has 2 N–H and O–H groups in total. The molecule has 0 aliphatic heterocycles. The fourth-order valence-corrected chi connectivity index (χ4v) is 3.24. The van der Waals surface area contributed by atoms with Crippen molar-refractivity contribution in [3.63, 3.8) is 0 Å². The first-order valence-corrected chi connectivity index (χ1v) is 10.2. The van der Waals surface area contributed by atoms with E-state index in [4.69, 9.17) is 0 Å². The van der Waals surface area contributed by atoms with Gasteiger partial charge in [-0.3, -0.25) is 14.7 Å². The summed E-state index contributed by atoms with van der Waals surface area (Å²) < 4.78 is 0. The van der Waals surface area contributed by atoms with Crippen molar-refractivity contribution in [3.8, 4) is 0 Å². The Morgan fingerprint density at radius 1 is 0.903 bits per heavy atom. The highest BCUT2D eigenvalue weighted by Gasteiger charge is 2.13. The average molecular weight is 409 g/mol. The number of carbonyl (C=O) groups is 2. The number of aromatic nitrogens is 2. The Hall–Kier alpha value is -3.99. The quantitative estimate of drug-likeness (QED) is 0.410. The largest absolute Gasteiger partial charge is 0.326 e. The Labute approximate surface area is 180 Å². The summed E-state index contributed by atoms with van der Waals surface area (Å²) in [4.78, 5) is 25.0. The van der Waals surface area contributed by atoms with E-state index < -0.39 is 0 Å². The van der Waals surface area contributed by atoms with E-state index in [0.29, 0.717) is 16.8 Å². The molecule has 1 heterocycles. The predicted octanol–water partition coefficient (Wildman–Crippen LogP) is 5.56. The number of H-pyrrole nitrogens is 1. The molecule has 1 aromatic heterocycles. The Kier molecular flexibility index (Phi) is 5.76. The molecule has 1 amide bonds. The van der Waals surface area contributed by atoms with Crippen molar-refractivity contribution in [1.82, 2.24) is 10.2 Å². The third kappa shape index (κ3) is 4.61. The van der Waals surface area contributed by atoms with Crippen LogP contribution in [-0.4, -0.2) is 21.9 Å². The molecule has 0 radical (unpaired) electrons. The van der Waals surface area contributed by atoms with Gasteiger partial charge in [-0.05, 0) is 35.9 Å². The molecule has 0 aliphatic rings. The fraction of sp³-hybridized carbons (Fsp3) is 0.115. The monoisotopic (exact) mass is 409 g/mol. The van der Waals surface area contributed by atoms with Crippen LogP contribution in [0.15, 0.2) is 72.8 Å². The Morgan fingerprint density at radius 2 is 1.68 bits per heavy atom. The van der Waals surface area contributed by atoms with Crippen molar-refractivity contribution in [1.29, 1.82) is 0 Å². The highest BCUT2D eigenvalue weighted by atomic mass is 16.1. The zero-order valence-corrected chi connectivity index (χ0v) is 17.4. The zero-order valence-electron chi connectivity index (χ0n) is 17.4. The van der Waals surface area contributed by atoms with Crippen LogP contribution >= 0.6 is 0 Å². The van der Waals surface area contributed by atoms with Gasteiger partial charge in [-0.15, -0.1) is 0 Å². The molecule has 0 saturated heterocycles. The van der Waals surface area contributed by atoms with Crippen molar-refractivity contribution in [2.24, 2.45) is 5.92 Å². The normalized spacial score (nSPS) is 11.3. The van der Waals surface area contributed by atoms with Gasteiger partial charge in [0.15, 0.2) is 5.78 Å². The predicted molar refractivity (Wildman–Crippen MR) is 125 cm³/mol. The first kappa shape index (κ1) is 20.3. The standard InChI is InChI=1S/C26H23N3O2/c1-17(2)26(31)27-21-10-6-9-19(15-21)25(30)20-12-13-22-23(28-29-24(22)16-20)14-11-18-7-4-3-5-8-18/h3-17H,1-2H3,(H,27,31)(H,28,29)/b14-11+. The van der Waals surface area contributed by atoms with Crippen LogP contribution in [0.4, 0.5) is 5.69 Å². The first-order valence-electron chi connectivity index (χ1n) is 10.2. The second kappa shape index (κ2) is 8.79. The maximum Gasteiger partial charge on any atom is 0.226 e. The lowest BCUT2D eigenvalue weighted by Gasteiger charge is -2.09. The number of ketones is 1. The van der Waals surface area contributed by atoms with Crippen LogP contribution in [-0.2, 0) is 4.79 Å². The number of hydrogen-bond donors (Lipinski definition) is 2. The zero-order chi connectivity index (χ0) is 21.8. The summed E-state index contributed by atoms with van der Waals surface area (Å²) in [5.41, 5.74) is 4.39. The van der Waals surface area contributed by atoms with Gasteiger partial charge in [-0.2, -0.15) is 5.10 Å². The molecule has 0 atom stereocenters. The van der Waals surface area contributed by atoms with E-state index in [9.17, 15) is 9.59 Å². The molecule has 4 rings (SSSR count). The second-order valence-corrected chi connectivity index (χ2v) is 7.67. The van der Waals surface area contributed by atoms with Gasteiger partial charge in [0.2, 0.25) is 5.91 Å². The van der Waals surface area contributed by atoms with Crippen LogP contribution in [0.25, 0.3) is 23.1 Å². The van der Waals surface area contributed by atoms with E-state index in [2.05, 4.69) is 15.5 Å². The number of anilines is 1. The van der Waals surface area contributed by atoms with Crippen LogP contribution in [0.2, 0.25) is 0 Å². The summed E-state index contributed by atoms with van der Waals surface area (Å²) in [5, 5.41) is 11.2. The number of nitrogens with zero attached hydrogens (tertiary/aromatic N) is 1. The Morgan fingerprint density at radius 3 is 2.45 bits per heavy atom. The minimum Gasteiger partial charge on any atom is -0.326 e. The van der Waals surface area contributed by atoms with Crippen molar-refractivity contribution in [3.05, 3.63) is 95.2 Å². The lowest BCUT2D eigenvalue weighted by Crippen LogP contribution is -2.18. The highest BCUT2D eigenvalue weighted by Crippen LogP contribution is 2.22. The van der Waals surface area contributed by atoms with Crippen molar-refractivity contribution in [2.45, 2.75) is 13.8 Å². The summed E-state index contributed by atoms with van der Waals surface area (Å²) in [6.07, 6.45) is 3.96. The maximum absolute atomic E-state index is 13.0. The molecule has 5 nitrogen and oxygen atoms in total. The topological polar surface area (TPSA) is 74.8 Å². The minimum atomic E-state index is -0.132. The summed E-state index contributed by atoms with van der Waals surface area (Å²) in [6, 6.07) is 22.5. The number of rotatable bonds is 6. The number of amides is 1. The van der Waals surface area contributed by atoms with Gasteiger partial charge in [0.1, 0.15) is 0 Å². The number of nitrogens with one attached hydrogen (secondary N) is 2.